The lowest BCUT2D eigenvalue weighted by molar-refractivity contribution is -0.127. The van der Waals surface area contributed by atoms with Gasteiger partial charge in [0.1, 0.15) is 17.9 Å². The van der Waals surface area contributed by atoms with Crippen molar-refractivity contribution in [1.29, 1.82) is 5.41 Å². The summed E-state index contributed by atoms with van der Waals surface area (Å²) in [5, 5.41) is 11.4. The molecule has 0 unspecified atom stereocenters. The molecule has 0 aliphatic rings. The van der Waals surface area contributed by atoms with Gasteiger partial charge in [-0.15, -0.1) is 0 Å². The number of anilines is 2. The Balaban J connectivity index is 2.07. The van der Waals surface area contributed by atoms with Crippen molar-refractivity contribution in [2.45, 2.75) is 26.4 Å². The number of hydrogen-bond donors (Lipinski definition) is 2. The standard InChI is InChI=1S/C23H25ClFN5O3/c1-13(11-32-3)30(23(31)14(2)26)10-15-8-16-19(9-20(15)33-4)27-12-28-22(16)29-18-7-5-6-17(24)21(18)25/h5-9,12-13,26H,10-11H2,1-4H3,(H,27,28,29)/t13-/m0/s1. The van der Waals surface area contributed by atoms with Gasteiger partial charge in [-0.3, -0.25) is 10.2 Å². The monoisotopic (exact) mass is 473 g/mol. The molecule has 0 saturated heterocycles. The molecule has 1 heterocycles. The lowest BCUT2D eigenvalue weighted by Gasteiger charge is -2.29. The van der Waals surface area contributed by atoms with Gasteiger partial charge in [0.05, 0.1) is 48.2 Å². The summed E-state index contributed by atoms with van der Waals surface area (Å²) in [7, 11) is 3.08. The van der Waals surface area contributed by atoms with E-state index in [1.165, 1.54) is 26.4 Å². The van der Waals surface area contributed by atoms with Gasteiger partial charge in [0.15, 0.2) is 5.82 Å². The quantitative estimate of drug-likeness (QED) is 0.441. The van der Waals surface area contributed by atoms with Crippen molar-refractivity contribution in [3.05, 3.63) is 53.1 Å². The minimum atomic E-state index is -0.591. The number of fused-ring (bicyclic) bond motifs is 1. The molecule has 0 aliphatic carbocycles. The molecule has 8 nitrogen and oxygen atoms in total. The molecule has 0 bridgehead atoms. The Morgan fingerprint density at radius 1 is 1.30 bits per heavy atom. The first-order valence-corrected chi connectivity index (χ1v) is 10.5. The van der Waals surface area contributed by atoms with Crippen molar-refractivity contribution in [2.75, 3.05) is 26.1 Å². The second kappa shape index (κ2) is 10.5. The molecule has 0 aliphatic heterocycles. The Bertz CT molecular complexity index is 1190. The van der Waals surface area contributed by atoms with Gasteiger partial charge >= 0.3 is 0 Å². The van der Waals surface area contributed by atoms with E-state index in [0.29, 0.717) is 34.6 Å². The summed E-state index contributed by atoms with van der Waals surface area (Å²) in [4.78, 5) is 22.8. The highest BCUT2D eigenvalue weighted by atomic mass is 35.5. The molecule has 33 heavy (non-hydrogen) atoms. The SMILES string of the molecule is COC[C@H](C)N(Cc1cc2c(Nc3cccc(Cl)c3F)ncnc2cc1OC)C(=O)C(C)=N. The van der Waals surface area contributed by atoms with Crippen molar-refractivity contribution < 1.29 is 18.7 Å². The smallest absolute Gasteiger partial charge is 0.267 e. The van der Waals surface area contributed by atoms with E-state index >= 15 is 0 Å². The molecule has 0 fully saturated rings. The summed E-state index contributed by atoms with van der Waals surface area (Å²) in [6.07, 6.45) is 1.36. The molecule has 3 rings (SSSR count). The van der Waals surface area contributed by atoms with E-state index in [0.717, 1.165) is 0 Å². The fourth-order valence-corrected chi connectivity index (χ4v) is 3.60. The molecule has 0 radical (unpaired) electrons. The Morgan fingerprint density at radius 3 is 2.73 bits per heavy atom. The van der Waals surface area contributed by atoms with Crippen LogP contribution in [0.2, 0.25) is 5.02 Å². The van der Waals surface area contributed by atoms with Gasteiger partial charge in [-0.1, -0.05) is 17.7 Å². The first-order valence-electron chi connectivity index (χ1n) is 10.1. The van der Waals surface area contributed by atoms with E-state index in [4.69, 9.17) is 26.5 Å². The van der Waals surface area contributed by atoms with Crippen LogP contribution < -0.4 is 10.1 Å². The lowest BCUT2D eigenvalue weighted by atomic mass is 10.1. The Kier molecular flexibility index (Phi) is 7.78. The highest BCUT2D eigenvalue weighted by Crippen LogP contribution is 2.32. The summed E-state index contributed by atoms with van der Waals surface area (Å²) in [6, 6.07) is 7.88. The van der Waals surface area contributed by atoms with E-state index in [-0.39, 0.29) is 29.0 Å². The number of amides is 1. The third-order valence-electron chi connectivity index (χ3n) is 5.10. The zero-order valence-corrected chi connectivity index (χ0v) is 19.5. The second-order valence-corrected chi connectivity index (χ2v) is 7.90. The molecule has 0 saturated carbocycles. The number of methoxy groups -OCH3 is 2. The van der Waals surface area contributed by atoms with Crippen molar-refractivity contribution in [3.63, 3.8) is 0 Å². The van der Waals surface area contributed by atoms with Crippen molar-refractivity contribution >= 4 is 45.6 Å². The number of halogens is 2. The second-order valence-electron chi connectivity index (χ2n) is 7.49. The van der Waals surface area contributed by atoms with Gasteiger partial charge in [-0.25, -0.2) is 14.4 Å². The molecular formula is C23H25ClFN5O3. The fourth-order valence-electron chi connectivity index (χ4n) is 3.43. The number of benzene rings is 2. The van der Waals surface area contributed by atoms with E-state index in [1.807, 2.05) is 6.92 Å². The topological polar surface area (TPSA) is 100 Å². The average molecular weight is 474 g/mol. The van der Waals surface area contributed by atoms with E-state index < -0.39 is 11.7 Å². The van der Waals surface area contributed by atoms with E-state index in [9.17, 15) is 9.18 Å². The van der Waals surface area contributed by atoms with Crippen LogP contribution in [0.3, 0.4) is 0 Å². The van der Waals surface area contributed by atoms with Crippen LogP contribution in [-0.2, 0) is 16.1 Å². The lowest BCUT2D eigenvalue weighted by Crippen LogP contribution is -2.43. The third kappa shape index (κ3) is 5.37. The highest BCUT2D eigenvalue weighted by Gasteiger charge is 2.24. The molecule has 1 amide bonds. The van der Waals surface area contributed by atoms with Crippen molar-refractivity contribution in [1.82, 2.24) is 14.9 Å². The third-order valence-corrected chi connectivity index (χ3v) is 5.40. The van der Waals surface area contributed by atoms with Gasteiger partial charge in [-0.2, -0.15) is 0 Å². The minimum absolute atomic E-state index is 0.0102. The Morgan fingerprint density at radius 2 is 2.06 bits per heavy atom. The highest BCUT2D eigenvalue weighted by molar-refractivity contribution is 6.36. The molecule has 174 valence electrons. The van der Waals surface area contributed by atoms with E-state index in [1.54, 1.807) is 36.3 Å². The molecule has 2 aromatic carbocycles. The maximum Gasteiger partial charge on any atom is 0.267 e. The molecule has 0 spiro atoms. The van der Waals surface area contributed by atoms with Crippen LogP contribution >= 0.6 is 11.6 Å². The summed E-state index contributed by atoms with van der Waals surface area (Å²) >= 11 is 5.90. The van der Waals surface area contributed by atoms with Crippen molar-refractivity contribution in [3.8, 4) is 5.75 Å². The van der Waals surface area contributed by atoms with Crippen LogP contribution in [0.1, 0.15) is 19.4 Å². The average Bonchev–Trinajstić information content (AvgIpc) is 2.79. The number of nitrogens with zero attached hydrogens (tertiary/aromatic N) is 3. The number of ether oxygens (including phenoxy) is 2. The molecule has 3 aromatic rings. The molecule has 1 atom stereocenters. The summed E-state index contributed by atoms with van der Waals surface area (Å²) in [5.74, 6) is -0.112. The summed E-state index contributed by atoms with van der Waals surface area (Å²) < 4.78 is 25.2. The first-order chi connectivity index (χ1) is 15.8. The number of carbonyl (C=O) groups is 1. The van der Waals surface area contributed by atoms with E-state index in [2.05, 4.69) is 15.3 Å². The first kappa shape index (κ1) is 24.3. The van der Waals surface area contributed by atoms with Gasteiger partial charge in [0.2, 0.25) is 0 Å². The normalized spacial score (nSPS) is 11.8. The van der Waals surface area contributed by atoms with Crippen LogP contribution in [0.5, 0.6) is 5.75 Å². The zero-order chi connectivity index (χ0) is 24.1. The predicted molar refractivity (Wildman–Crippen MR) is 126 cm³/mol. The molecular weight excluding hydrogens is 449 g/mol. The number of hydrogen-bond acceptors (Lipinski definition) is 7. The van der Waals surface area contributed by atoms with Gasteiger partial charge < -0.3 is 19.7 Å². The van der Waals surface area contributed by atoms with Crippen molar-refractivity contribution in [2.24, 2.45) is 0 Å². The van der Waals surface area contributed by atoms with Gasteiger partial charge in [0.25, 0.3) is 5.91 Å². The number of aromatic nitrogens is 2. The number of carbonyl (C=O) groups excluding carboxylic acids is 1. The van der Waals surface area contributed by atoms with Gasteiger partial charge in [0, 0.05) is 24.1 Å². The zero-order valence-electron chi connectivity index (χ0n) is 18.8. The molecule has 10 heteroatoms. The summed E-state index contributed by atoms with van der Waals surface area (Å²) in [5.41, 5.74) is 1.33. The van der Waals surface area contributed by atoms with Crippen LogP contribution in [0.15, 0.2) is 36.7 Å². The maximum absolute atomic E-state index is 14.4. The number of rotatable bonds is 9. The predicted octanol–water partition coefficient (Wildman–Crippen LogP) is 4.58. The maximum atomic E-state index is 14.4. The Hall–Kier alpha value is -3.30. The van der Waals surface area contributed by atoms with Crippen LogP contribution in [0.4, 0.5) is 15.9 Å². The van der Waals surface area contributed by atoms with Gasteiger partial charge in [-0.05, 0) is 32.0 Å². The molecule has 2 N–H and O–H groups in total. The van der Waals surface area contributed by atoms with Crippen LogP contribution in [-0.4, -0.2) is 53.4 Å². The largest absolute Gasteiger partial charge is 0.496 e. The summed E-state index contributed by atoms with van der Waals surface area (Å²) in [6.45, 7) is 3.76. The number of nitrogens with one attached hydrogen (secondary N) is 2. The minimum Gasteiger partial charge on any atom is -0.496 e. The fraction of sp³-hybridized carbons (Fsp3) is 0.304. The Labute approximate surface area is 196 Å². The van der Waals surface area contributed by atoms with Crippen LogP contribution in [0, 0.1) is 11.2 Å². The molecule has 1 aromatic heterocycles. The van der Waals surface area contributed by atoms with Crippen LogP contribution in [0.25, 0.3) is 10.9 Å².